The molecule has 11 heteroatoms. The van der Waals surface area contributed by atoms with Crippen LogP contribution in [0.4, 0.5) is 4.79 Å². The second-order valence-electron chi connectivity index (χ2n) is 6.60. The van der Waals surface area contributed by atoms with Crippen molar-refractivity contribution in [2.45, 2.75) is 44.4 Å². The Morgan fingerprint density at radius 3 is 2.47 bits per heavy atom. The van der Waals surface area contributed by atoms with Gasteiger partial charge < -0.3 is 14.5 Å². The molecule has 1 heterocycles. The normalized spacial score (nSPS) is 12.3. The highest BCUT2D eigenvalue weighted by molar-refractivity contribution is 7.89. The highest BCUT2D eigenvalue weighted by Gasteiger charge is 2.22. The maximum atomic E-state index is 12.4. The molecule has 1 aromatic carbocycles. The van der Waals surface area contributed by atoms with Gasteiger partial charge in [0.25, 0.3) is 5.91 Å². The van der Waals surface area contributed by atoms with Crippen molar-refractivity contribution >= 4 is 27.9 Å². The number of esters is 1. The Labute approximate surface area is 174 Å². The van der Waals surface area contributed by atoms with Crippen LogP contribution in [0.1, 0.15) is 36.9 Å². The summed E-state index contributed by atoms with van der Waals surface area (Å²) in [4.78, 5) is 35.7. The SMILES string of the molecule is CC(C)NC(=O)NC(=O)C(C)OC(=O)c1cccc(S(=O)(=O)NCc2ccco2)c1. The second-order valence-corrected chi connectivity index (χ2v) is 8.36. The molecule has 0 radical (unpaired) electrons. The highest BCUT2D eigenvalue weighted by atomic mass is 32.2. The fourth-order valence-electron chi connectivity index (χ4n) is 2.25. The van der Waals surface area contributed by atoms with Gasteiger partial charge in [0.1, 0.15) is 5.76 Å². The lowest BCUT2D eigenvalue weighted by molar-refractivity contribution is -0.127. The standard InChI is InChI=1S/C19H23N3O7S/c1-12(2)21-19(25)22-17(23)13(3)29-18(24)14-6-4-8-16(10-14)30(26,27)20-11-15-7-5-9-28-15/h4-10,12-13,20H,11H2,1-3H3,(H2,21,22,23,25). The molecule has 0 aliphatic heterocycles. The van der Waals surface area contributed by atoms with E-state index in [1.807, 2.05) is 0 Å². The third kappa shape index (κ3) is 6.71. The molecule has 3 amide bonds. The molecule has 2 rings (SSSR count). The van der Waals surface area contributed by atoms with E-state index in [0.717, 1.165) is 6.07 Å². The summed E-state index contributed by atoms with van der Waals surface area (Å²) in [5, 5.41) is 4.52. The van der Waals surface area contributed by atoms with Crippen molar-refractivity contribution in [2.24, 2.45) is 0 Å². The molecule has 0 fully saturated rings. The first kappa shape index (κ1) is 23.1. The predicted octanol–water partition coefficient (Wildman–Crippen LogP) is 1.54. The zero-order valence-electron chi connectivity index (χ0n) is 16.7. The van der Waals surface area contributed by atoms with E-state index in [2.05, 4.69) is 15.4 Å². The van der Waals surface area contributed by atoms with Crippen molar-refractivity contribution < 1.29 is 32.0 Å². The quantitative estimate of drug-likeness (QED) is 0.531. The van der Waals surface area contributed by atoms with Crippen molar-refractivity contribution in [3.05, 3.63) is 54.0 Å². The van der Waals surface area contributed by atoms with Crippen LogP contribution in [0.25, 0.3) is 0 Å². The van der Waals surface area contributed by atoms with Gasteiger partial charge in [-0.05, 0) is 51.1 Å². The van der Waals surface area contributed by atoms with Gasteiger partial charge in [0.05, 0.1) is 23.3 Å². The molecule has 30 heavy (non-hydrogen) atoms. The van der Waals surface area contributed by atoms with Gasteiger partial charge in [0.15, 0.2) is 6.10 Å². The first-order chi connectivity index (χ1) is 14.1. The molecule has 3 N–H and O–H groups in total. The molecule has 0 aliphatic rings. The van der Waals surface area contributed by atoms with Gasteiger partial charge >= 0.3 is 12.0 Å². The number of amides is 3. The number of imide groups is 1. The van der Waals surface area contributed by atoms with E-state index in [1.165, 1.54) is 31.4 Å². The Balaban J connectivity index is 2.01. The highest BCUT2D eigenvalue weighted by Crippen LogP contribution is 2.14. The molecule has 0 aliphatic carbocycles. The van der Waals surface area contributed by atoms with Crippen LogP contribution in [0, 0.1) is 0 Å². The molecular weight excluding hydrogens is 414 g/mol. The molecular formula is C19H23N3O7S. The minimum atomic E-state index is -3.91. The summed E-state index contributed by atoms with van der Waals surface area (Å²) in [6.45, 7) is 4.68. The molecule has 0 saturated carbocycles. The Morgan fingerprint density at radius 2 is 1.83 bits per heavy atom. The summed E-state index contributed by atoms with van der Waals surface area (Å²) in [5.41, 5.74) is -0.0674. The fraction of sp³-hybridized carbons (Fsp3) is 0.316. The minimum Gasteiger partial charge on any atom is -0.468 e. The monoisotopic (exact) mass is 437 g/mol. The summed E-state index contributed by atoms with van der Waals surface area (Å²) in [6.07, 6.45) is 0.150. The van der Waals surface area contributed by atoms with Crippen molar-refractivity contribution in [2.75, 3.05) is 0 Å². The number of ether oxygens (including phenoxy) is 1. The van der Waals surface area contributed by atoms with E-state index in [1.54, 1.807) is 26.0 Å². The maximum Gasteiger partial charge on any atom is 0.338 e. The average Bonchev–Trinajstić information content (AvgIpc) is 3.19. The smallest absolute Gasteiger partial charge is 0.338 e. The molecule has 2 aromatic rings. The van der Waals surface area contributed by atoms with E-state index in [9.17, 15) is 22.8 Å². The van der Waals surface area contributed by atoms with Crippen molar-refractivity contribution in [1.82, 2.24) is 15.4 Å². The van der Waals surface area contributed by atoms with Crippen LogP contribution in [0.5, 0.6) is 0 Å². The van der Waals surface area contributed by atoms with E-state index in [0.29, 0.717) is 5.76 Å². The molecule has 0 bridgehead atoms. The summed E-state index contributed by atoms with van der Waals surface area (Å²) >= 11 is 0. The molecule has 0 saturated heterocycles. The summed E-state index contributed by atoms with van der Waals surface area (Å²) in [6, 6.07) is 7.52. The van der Waals surface area contributed by atoms with Crippen LogP contribution >= 0.6 is 0 Å². The van der Waals surface area contributed by atoms with Crippen LogP contribution < -0.4 is 15.4 Å². The Bertz CT molecular complexity index is 1000. The number of hydrogen-bond donors (Lipinski definition) is 3. The van der Waals surface area contributed by atoms with Gasteiger partial charge in [-0.3, -0.25) is 10.1 Å². The summed E-state index contributed by atoms with van der Waals surface area (Å²) in [7, 11) is -3.91. The lowest BCUT2D eigenvalue weighted by Crippen LogP contribution is -2.46. The number of sulfonamides is 1. The number of urea groups is 1. The van der Waals surface area contributed by atoms with E-state index in [-0.39, 0.29) is 23.0 Å². The number of hydrogen-bond acceptors (Lipinski definition) is 7. The first-order valence-corrected chi connectivity index (χ1v) is 10.5. The van der Waals surface area contributed by atoms with Crippen molar-refractivity contribution in [1.29, 1.82) is 0 Å². The summed E-state index contributed by atoms with van der Waals surface area (Å²) < 4.78 is 37.3. The van der Waals surface area contributed by atoms with Gasteiger partial charge in [0.2, 0.25) is 10.0 Å². The van der Waals surface area contributed by atoms with Crippen LogP contribution in [-0.4, -0.2) is 38.5 Å². The van der Waals surface area contributed by atoms with Crippen molar-refractivity contribution in [3.8, 4) is 0 Å². The zero-order valence-corrected chi connectivity index (χ0v) is 17.5. The van der Waals surface area contributed by atoms with Gasteiger partial charge in [-0.25, -0.2) is 22.7 Å². The maximum absolute atomic E-state index is 12.4. The van der Waals surface area contributed by atoms with Crippen molar-refractivity contribution in [3.63, 3.8) is 0 Å². The predicted molar refractivity (Wildman–Crippen MR) is 106 cm³/mol. The van der Waals surface area contributed by atoms with Crippen LogP contribution in [-0.2, 0) is 26.1 Å². The zero-order chi connectivity index (χ0) is 22.3. The van der Waals surface area contributed by atoms with Gasteiger partial charge in [-0.2, -0.15) is 0 Å². The van der Waals surface area contributed by atoms with E-state index < -0.39 is 34.0 Å². The molecule has 1 aromatic heterocycles. The lowest BCUT2D eigenvalue weighted by Gasteiger charge is -2.14. The van der Waals surface area contributed by atoms with Gasteiger partial charge in [0, 0.05) is 6.04 Å². The van der Waals surface area contributed by atoms with Crippen LogP contribution in [0.15, 0.2) is 52.0 Å². The average molecular weight is 437 g/mol. The second kappa shape index (κ2) is 10.0. The first-order valence-electron chi connectivity index (χ1n) is 9.03. The molecule has 0 spiro atoms. The molecule has 1 atom stereocenters. The fourth-order valence-corrected chi connectivity index (χ4v) is 3.29. The Morgan fingerprint density at radius 1 is 1.10 bits per heavy atom. The topological polar surface area (TPSA) is 144 Å². The molecule has 10 nitrogen and oxygen atoms in total. The van der Waals surface area contributed by atoms with Crippen LogP contribution in [0.3, 0.4) is 0 Å². The molecule has 1 unspecified atom stereocenters. The number of carbonyl (C=O) groups excluding carboxylic acids is 3. The van der Waals surface area contributed by atoms with Gasteiger partial charge in [-0.15, -0.1) is 0 Å². The van der Waals surface area contributed by atoms with E-state index >= 15 is 0 Å². The number of benzene rings is 1. The number of nitrogens with one attached hydrogen (secondary N) is 3. The largest absolute Gasteiger partial charge is 0.468 e. The van der Waals surface area contributed by atoms with E-state index in [4.69, 9.17) is 9.15 Å². The Hall–Kier alpha value is -3.18. The summed E-state index contributed by atoms with van der Waals surface area (Å²) in [5.74, 6) is -1.30. The lowest BCUT2D eigenvalue weighted by atomic mass is 10.2. The Kier molecular flexibility index (Phi) is 7.72. The van der Waals surface area contributed by atoms with Gasteiger partial charge in [-0.1, -0.05) is 6.07 Å². The number of rotatable bonds is 8. The molecule has 162 valence electrons. The number of furan rings is 1. The third-order valence-electron chi connectivity index (χ3n) is 3.71. The minimum absolute atomic E-state index is 0.0559. The number of carbonyl (C=O) groups is 3. The third-order valence-corrected chi connectivity index (χ3v) is 5.11. The van der Waals surface area contributed by atoms with Crippen LogP contribution in [0.2, 0.25) is 0 Å².